The summed E-state index contributed by atoms with van der Waals surface area (Å²) >= 11 is 0. The van der Waals surface area contributed by atoms with Gasteiger partial charge >= 0.3 is 12.1 Å². The van der Waals surface area contributed by atoms with Crippen molar-refractivity contribution >= 4 is 18.0 Å². The van der Waals surface area contributed by atoms with Crippen molar-refractivity contribution in [2.45, 2.75) is 50.5 Å². The Labute approximate surface area is 205 Å². The van der Waals surface area contributed by atoms with Gasteiger partial charge < -0.3 is 20.1 Å². The third-order valence-corrected chi connectivity index (χ3v) is 7.75. The molecule has 2 fully saturated rings. The van der Waals surface area contributed by atoms with Gasteiger partial charge in [0.15, 0.2) is 0 Å². The number of rotatable bonds is 6. The molecule has 1 unspecified atom stereocenters. The second-order valence-electron chi connectivity index (χ2n) is 10.1. The van der Waals surface area contributed by atoms with Crippen LogP contribution in [0.3, 0.4) is 0 Å². The average molecular weight is 477 g/mol. The largest absolute Gasteiger partial charge is 0.481 e. The van der Waals surface area contributed by atoms with E-state index in [2.05, 4.69) is 29.6 Å². The quantitative estimate of drug-likeness (QED) is 0.644. The summed E-state index contributed by atoms with van der Waals surface area (Å²) in [6.07, 6.45) is 3.53. The molecule has 0 radical (unpaired) electrons. The van der Waals surface area contributed by atoms with Gasteiger partial charge in [-0.2, -0.15) is 0 Å². The Bertz CT molecular complexity index is 1070. The molecule has 2 aromatic carbocycles. The molecule has 2 aromatic rings. The SMILES string of the molecule is O=C(O)CC1CCN(C(=O)[C@H]2CCC[C@@H](NC(=O)OCC3c4ccccc4-c4ccccc43)C2)C1. The Hall–Kier alpha value is -3.35. The molecule has 3 aliphatic rings. The van der Waals surface area contributed by atoms with Crippen LogP contribution < -0.4 is 5.32 Å². The van der Waals surface area contributed by atoms with Crippen LogP contribution in [-0.2, 0) is 14.3 Å². The number of nitrogens with zero attached hydrogens (tertiary/aromatic N) is 1. The molecule has 1 saturated heterocycles. The Morgan fingerprint density at radius 1 is 0.971 bits per heavy atom. The van der Waals surface area contributed by atoms with Crippen molar-refractivity contribution in [2.75, 3.05) is 19.7 Å². The van der Waals surface area contributed by atoms with E-state index in [1.54, 1.807) is 0 Å². The van der Waals surface area contributed by atoms with Crippen LogP contribution in [0, 0.1) is 11.8 Å². The number of carboxylic acids is 1. The lowest BCUT2D eigenvalue weighted by Gasteiger charge is -2.31. The third-order valence-electron chi connectivity index (χ3n) is 7.75. The number of carboxylic acid groups (broad SMARTS) is 1. The number of fused-ring (bicyclic) bond motifs is 3. The zero-order valence-corrected chi connectivity index (χ0v) is 19.8. The Balaban J connectivity index is 1.14. The van der Waals surface area contributed by atoms with Crippen LogP contribution in [0.5, 0.6) is 0 Å². The predicted molar refractivity (Wildman–Crippen MR) is 131 cm³/mol. The molecule has 2 amide bonds. The molecule has 1 saturated carbocycles. The Morgan fingerprint density at radius 3 is 2.34 bits per heavy atom. The average Bonchev–Trinajstić information content (AvgIpc) is 3.44. The molecule has 7 nitrogen and oxygen atoms in total. The van der Waals surface area contributed by atoms with Gasteiger partial charge in [-0.3, -0.25) is 9.59 Å². The lowest BCUT2D eigenvalue weighted by Crippen LogP contribution is -2.43. The molecule has 184 valence electrons. The maximum atomic E-state index is 13.0. The van der Waals surface area contributed by atoms with E-state index in [1.807, 2.05) is 29.2 Å². The van der Waals surface area contributed by atoms with Gasteiger partial charge in [0, 0.05) is 37.4 Å². The minimum Gasteiger partial charge on any atom is -0.481 e. The van der Waals surface area contributed by atoms with Crippen molar-refractivity contribution in [3.05, 3.63) is 59.7 Å². The van der Waals surface area contributed by atoms with Gasteiger partial charge in [-0.25, -0.2) is 4.79 Å². The second kappa shape index (κ2) is 10.1. The molecular weight excluding hydrogens is 444 g/mol. The lowest BCUT2D eigenvalue weighted by atomic mass is 9.85. The zero-order valence-electron chi connectivity index (χ0n) is 19.8. The number of benzene rings is 2. The van der Waals surface area contributed by atoms with Crippen molar-refractivity contribution in [3.63, 3.8) is 0 Å². The molecule has 0 aromatic heterocycles. The number of amides is 2. The first-order chi connectivity index (χ1) is 17.0. The van der Waals surface area contributed by atoms with Crippen LogP contribution in [0.2, 0.25) is 0 Å². The topological polar surface area (TPSA) is 95.9 Å². The number of carbonyl (C=O) groups is 3. The minimum atomic E-state index is -0.811. The van der Waals surface area contributed by atoms with Gasteiger partial charge in [-0.15, -0.1) is 0 Å². The standard InChI is InChI=1S/C28H32N2O5/c31-26(32)14-18-12-13-30(16-18)27(33)19-6-5-7-20(15-19)29-28(34)35-17-25-23-10-3-1-8-21(23)22-9-2-4-11-24(22)25/h1-4,8-11,18-20,25H,5-7,12-17H2,(H,29,34)(H,31,32)/t18?,19-,20+/m0/s1. The molecule has 35 heavy (non-hydrogen) atoms. The highest BCUT2D eigenvalue weighted by Crippen LogP contribution is 2.44. The third kappa shape index (κ3) is 5.04. The number of carbonyl (C=O) groups excluding carboxylic acids is 2. The highest BCUT2D eigenvalue weighted by atomic mass is 16.5. The molecule has 0 spiro atoms. The second-order valence-corrected chi connectivity index (χ2v) is 10.1. The van der Waals surface area contributed by atoms with E-state index in [0.29, 0.717) is 19.5 Å². The number of alkyl carbamates (subject to hydrolysis) is 1. The van der Waals surface area contributed by atoms with Gasteiger partial charge in [-0.05, 0) is 53.9 Å². The molecule has 1 heterocycles. The van der Waals surface area contributed by atoms with Crippen LogP contribution in [0.25, 0.3) is 11.1 Å². The van der Waals surface area contributed by atoms with E-state index >= 15 is 0 Å². The van der Waals surface area contributed by atoms with Gasteiger partial charge in [-0.1, -0.05) is 55.0 Å². The van der Waals surface area contributed by atoms with Gasteiger partial charge in [0.1, 0.15) is 6.61 Å². The Kier molecular flexibility index (Phi) is 6.75. The van der Waals surface area contributed by atoms with Gasteiger partial charge in [0.05, 0.1) is 0 Å². The maximum absolute atomic E-state index is 13.0. The fraction of sp³-hybridized carbons (Fsp3) is 0.464. The summed E-state index contributed by atoms with van der Waals surface area (Å²) in [5, 5.41) is 12.0. The summed E-state index contributed by atoms with van der Waals surface area (Å²) in [6, 6.07) is 16.4. The van der Waals surface area contributed by atoms with Crippen LogP contribution in [-0.4, -0.2) is 53.7 Å². The van der Waals surface area contributed by atoms with Crippen molar-refractivity contribution in [3.8, 4) is 11.1 Å². The monoisotopic (exact) mass is 476 g/mol. The summed E-state index contributed by atoms with van der Waals surface area (Å²) in [6.45, 7) is 1.41. The number of hydrogen-bond donors (Lipinski definition) is 2. The molecule has 7 heteroatoms. The molecule has 2 aliphatic carbocycles. The first-order valence-corrected chi connectivity index (χ1v) is 12.6. The number of likely N-dealkylation sites (tertiary alicyclic amines) is 1. The summed E-state index contributed by atoms with van der Waals surface area (Å²) in [7, 11) is 0. The number of ether oxygens (including phenoxy) is 1. The van der Waals surface area contributed by atoms with Crippen LogP contribution >= 0.6 is 0 Å². The van der Waals surface area contributed by atoms with Crippen LogP contribution in [0.15, 0.2) is 48.5 Å². The van der Waals surface area contributed by atoms with Gasteiger partial charge in [0.2, 0.25) is 5.91 Å². The first-order valence-electron chi connectivity index (χ1n) is 12.6. The van der Waals surface area contributed by atoms with Crippen molar-refractivity contribution in [2.24, 2.45) is 11.8 Å². The van der Waals surface area contributed by atoms with E-state index in [-0.39, 0.29) is 42.7 Å². The summed E-state index contributed by atoms with van der Waals surface area (Å²) in [4.78, 5) is 38.5. The first kappa shape index (κ1) is 23.4. The van der Waals surface area contributed by atoms with E-state index < -0.39 is 12.1 Å². The van der Waals surface area contributed by atoms with Gasteiger partial charge in [0.25, 0.3) is 0 Å². The summed E-state index contributed by atoms with van der Waals surface area (Å²) < 4.78 is 5.69. The lowest BCUT2D eigenvalue weighted by molar-refractivity contribution is -0.139. The number of hydrogen-bond acceptors (Lipinski definition) is 4. The van der Waals surface area contributed by atoms with E-state index in [9.17, 15) is 14.4 Å². The normalized spacial score (nSPS) is 23.4. The van der Waals surface area contributed by atoms with Crippen molar-refractivity contribution in [1.29, 1.82) is 0 Å². The Morgan fingerprint density at radius 2 is 1.66 bits per heavy atom. The fourth-order valence-corrected chi connectivity index (χ4v) is 6.06. The maximum Gasteiger partial charge on any atom is 0.407 e. The highest BCUT2D eigenvalue weighted by Gasteiger charge is 2.35. The van der Waals surface area contributed by atoms with E-state index in [0.717, 1.165) is 25.7 Å². The molecule has 1 aliphatic heterocycles. The summed E-state index contributed by atoms with van der Waals surface area (Å²) in [5.41, 5.74) is 4.74. The molecule has 3 atom stereocenters. The molecule has 5 rings (SSSR count). The van der Waals surface area contributed by atoms with Crippen molar-refractivity contribution < 1.29 is 24.2 Å². The van der Waals surface area contributed by atoms with Crippen LogP contribution in [0.4, 0.5) is 4.79 Å². The van der Waals surface area contributed by atoms with E-state index in [1.165, 1.54) is 22.3 Å². The summed E-state index contributed by atoms with van der Waals surface area (Å²) in [5.74, 6) is -0.796. The molecule has 2 N–H and O–H groups in total. The molecular formula is C28H32N2O5. The predicted octanol–water partition coefficient (Wildman–Crippen LogP) is 4.41. The number of aliphatic carboxylic acids is 1. The fourth-order valence-electron chi connectivity index (χ4n) is 6.06. The molecule has 0 bridgehead atoms. The smallest absolute Gasteiger partial charge is 0.407 e. The van der Waals surface area contributed by atoms with E-state index in [4.69, 9.17) is 9.84 Å². The number of nitrogens with one attached hydrogen (secondary N) is 1. The van der Waals surface area contributed by atoms with Crippen LogP contribution in [0.1, 0.15) is 55.6 Å². The van der Waals surface area contributed by atoms with Crippen molar-refractivity contribution in [1.82, 2.24) is 10.2 Å². The zero-order chi connectivity index (χ0) is 24.4. The minimum absolute atomic E-state index is 0.0164. The highest BCUT2D eigenvalue weighted by molar-refractivity contribution is 5.80.